The standard InChI is InChI=1S/C21H23F3N4O/c1-3-28(16-7-6-15(12-25)18(11-16)21(22,23)24)17-5-4-10-27(14-17)19-13-26-9-8-20(19)29-2/h6-9,11,13,17H,3-5,10,14H2,1-2H3. The first-order valence-electron chi connectivity index (χ1n) is 9.50. The Bertz CT molecular complexity index is 894. The number of piperidine rings is 1. The summed E-state index contributed by atoms with van der Waals surface area (Å²) < 4.78 is 45.6. The topological polar surface area (TPSA) is 52.4 Å². The number of pyridine rings is 1. The van der Waals surface area contributed by atoms with Gasteiger partial charge in [0.2, 0.25) is 0 Å². The fraction of sp³-hybridized carbons (Fsp3) is 0.429. The molecule has 1 unspecified atom stereocenters. The number of nitriles is 1. The third-order valence-corrected chi connectivity index (χ3v) is 5.26. The Labute approximate surface area is 168 Å². The maximum atomic E-state index is 13.4. The van der Waals surface area contributed by atoms with Crippen LogP contribution in [-0.2, 0) is 6.18 Å². The second-order valence-corrected chi connectivity index (χ2v) is 6.92. The molecule has 1 aromatic carbocycles. The highest BCUT2D eigenvalue weighted by molar-refractivity contribution is 5.59. The van der Waals surface area contributed by atoms with Gasteiger partial charge in [-0.15, -0.1) is 0 Å². The van der Waals surface area contributed by atoms with Crippen LogP contribution >= 0.6 is 0 Å². The van der Waals surface area contributed by atoms with Crippen LogP contribution in [0, 0.1) is 11.3 Å². The van der Waals surface area contributed by atoms with Crippen molar-refractivity contribution in [3.63, 3.8) is 0 Å². The van der Waals surface area contributed by atoms with Gasteiger partial charge in [-0.2, -0.15) is 18.4 Å². The predicted molar refractivity (Wildman–Crippen MR) is 105 cm³/mol. The van der Waals surface area contributed by atoms with Gasteiger partial charge in [0.05, 0.1) is 36.2 Å². The Morgan fingerprint density at radius 3 is 2.79 bits per heavy atom. The molecule has 154 valence electrons. The van der Waals surface area contributed by atoms with E-state index in [1.54, 1.807) is 37.7 Å². The molecule has 0 aliphatic carbocycles. The predicted octanol–water partition coefficient (Wildman–Crippen LogP) is 4.48. The summed E-state index contributed by atoms with van der Waals surface area (Å²) in [4.78, 5) is 8.32. The number of aromatic nitrogens is 1. The Kier molecular flexibility index (Phi) is 6.16. The fourth-order valence-corrected chi connectivity index (χ4v) is 3.91. The minimum Gasteiger partial charge on any atom is -0.494 e. The number of halogens is 3. The molecule has 0 radical (unpaired) electrons. The average molecular weight is 404 g/mol. The SMILES string of the molecule is CCN(c1ccc(C#N)c(C(F)(F)F)c1)C1CCCN(c2cnccc2OC)C1. The first-order chi connectivity index (χ1) is 13.9. The summed E-state index contributed by atoms with van der Waals surface area (Å²) in [5.74, 6) is 0.724. The Hall–Kier alpha value is -2.95. The van der Waals surface area contributed by atoms with Gasteiger partial charge in [0, 0.05) is 43.6 Å². The Morgan fingerprint density at radius 2 is 2.14 bits per heavy atom. The number of ether oxygens (including phenoxy) is 1. The van der Waals surface area contributed by atoms with Crippen molar-refractivity contribution >= 4 is 11.4 Å². The highest BCUT2D eigenvalue weighted by atomic mass is 19.4. The van der Waals surface area contributed by atoms with Crippen molar-refractivity contribution in [1.29, 1.82) is 5.26 Å². The molecule has 8 heteroatoms. The third kappa shape index (κ3) is 4.39. The lowest BCUT2D eigenvalue weighted by Gasteiger charge is -2.41. The first kappa shape index (κ1) is 20.8. The summed E-state index contributed by atoms with van der Waals surface area (Å²) in [6.07, 6.45) is 0.622. The van der Waals surface area contributed by atoms with Gasteiger partial charge < -0.3 is 14.5 Å². The smallest absolute Gasteiger partial charge is 0.417 e. The Balaban J connectivity index is 1.89. The van der Waals surface area contributed by atoms with Gasteiger partial charge in [-0.25, -0.2) is 0 Å². The van der Waals surface area contributed by atoms with Crippen molar-refractivity contribution in [3.05, 3.63) is 47.8 Å². The zero-order chi connectivity index (χ0) is 21.0. The fourth-order valence-electron chi connectivity index (χ4n) is 3.91. The van der Waals surface area contributed by atoms with Crippen LogP contribution in [-0.4, -0.2) is 37.8 Å². The molecule has 0 amide bonds. The molecule has 1 saturated heterocycles. The van der Waals surface area contributed by atoms with E-state index >= 15 is 0 Å². The Morgan fingerprint density at radius 1 is 1.34 bits per heavy atom. The summed E-state index contributed by atoms with van der Waals surface area (Å²) in [5, 5.41) is 9.04. The first-order valence-corrected chi connectivity index (χ1v) is 9.50. The van der Waals surface area contributed by atoms with E-state index in [0.717, 1.165) is 36.9 Å². The zero-order valence-electron chi connectivity index (χ0n) is 16.4. The van der Waals surface area contributed by atoms with Crippen LogP contribution in [0.4, 0.5) is 24.5 Å². The minimum absolute atomic E-state index is 0.0349. The summed E-state index contributed by atoms with van der Waals surface area (Å²) in [7, 11) is 1.61. The molecular formula is C21H23F3N4O. The zero-order valence-corrected chi connectivity index (χ0v) is 16.4. The normalized spacial score (nSPS) is 17.0. The molecule has 5 nitrogen and oxygen atoms in total. The number of benzene rings is 1. The lowest BCUT2D eigenvalue weighted by atomic mass is 10.0. The molecule has 29 heavy (non-hydrogen) atoms. The van der Waals surface area contributed by atoms with Crippen LogP contribution in [0.1, 0.15) is 30.9 Å². The lowest BCUT2D eigenvalue weighted by Crippen LogP contribution is -2.48. The van der Waals surface area contributed by atoms with Crippen molar-refractivity contribution in [2.24, 2.45) is 0 Å². The number of anilines is 2. The maximum absolute atomic E-state index is 13.4. The number of hydrogen-bond acceptors (Lipinski definition) is 5. The molecule has 0 spiro atoms. The molecular weight excluding hydrogens is 381 g/mol. The molecule has 0 bridgehead atoms. The molecule has 0 saturated carbocycles. The highest BCUT2D eigenvalue weighted by Crippen LogP contribution is 2.36. The number of likely N-dealkylation sites (N-methyl/N-ethyl adjacent to an activating group) is 1. The van der Waals surface area contributed by atoms with Crippen molar-refractivity contribution in [3.8, 4) is 11.8 Å². The average Bonchev–Trinajstić information content (AvgIpc) is 2.73. The van der Waals surface area contributed by atoms with E-state index in [1.165, 1.54) is 6.07 Å². The van der Waals surface area contributed by atoms with Crippen molar-refractivity contribution in [2.75, 3.05) is 36.5 Å². The number of methoxy groups -OCH3 is 1. The van der Waals surface area contributed by atoms with Crippen molar-refractivity contribution < 1.29 is 17.9 Å². The maximum Gasteiger partial charge on any atom is 0.417 e. The highest BCUT2D eigenvalue weighted by Gasteiger charge is 2.35. The van der Waals surface area contributed by atoms with E-state index in [1.807, 2.05) is 11.8 Å². The van der Waals surface area contributed by atoms with Crippen LogP contribution in [0.15, 0.2) is 36.7 Å². The van der Waals surface area contributed by atoms with E-state index in [9.17, 15) is 13.2 Å². The van der Waals surface area contributed by atoms with Crippen LogP contribution in [0.5, 0.6) is 5.75 Å². The molecule has 1 atom stereocenters. The van der Waals surface area contributed by atoms with Crippen molar-refractivity contribution in [2.45, 2.75) is 32.0 Å². The van der Waals surface area contributed by atoms with E-state index in [2.05, 4.69) is 9.88 Å². The summed E-state index contributed by atoms with van der Waals surface area (Å²) in [6, 6.07) is 7.42. The molecule has 0 N–H and O–H groups in total. The largest absolute Gasteiger partial charge is 0.494 e. The molecule has 1 aliphatic heterocycles. The van der Waals surface area contributed by atoms with Crippen molar-refractivity contribution in [1.82, 2.24) is 4.98 Å². The van der Waals surface area contributed by atoms with Gasteiger partial charge in [-0.3, -0.25) is 4.98 Å². The molecule has 1 aliphatic rings. The molecule has 1 fully saturated rings. The number of nitrogens with zero attached hydrogens (tertiary/aromatic N) is 4. The minimum atomic E-state index is -4.57. The second-order valence-electron chi connectivity index (χ2n) is 6.92. The van der Waals surface area contributed by atoms with E-state index in [4.69, 9.17) is 10.00 Å². The van der Waals surface area contributed by atoms with Gasteiger partial charge in [0.1, 0.15) is 5.75 Å². The van der Waals surface area contributed by atoms with Gasteiger partial charge in [-0.1, -0.05) is 0 Å². The lowest BCUT2D eigenvalue weighted by molar-refractivity contribution is -0.137. The summed E-state index contributed by atoms with van der Waals surface area (Å²) in [6.45, 7) is 3.97. The van der Waals surface area contributed by atoms with Gasteiger partial charge in [0.25, 0.3) is 0 Å². The number of hydrogen-bond donors (Lipinski definition) is 0. The van der Waals surface area contributed by atoms with Crippen LogP contribution in [0.25, 0.3) is 0 Å². The molecule has 2 heterocycles. The van der Waals surface area contributed by atoms with Crippen LogP contribution in [0.3, 0.4) is 0 Å². The van der Waals surface area contributed by atoms with Crippen LogP contribution in [0.2, 0.25) is 0 Å². The quantitative estimate of drug-likeness (QED) is 0.736. The second kappa shape index (κ2) is 8.60. The van der Waals surface area contributed by atoms with Crippen LogP contribution < -0.4 is 14.5 Å². The monoisotopic (exact) mass is 404 g/mol. The summed E-state index contributed by atoms with van der Waals surface area (Å²) >= 11 is 0. The van der Waals surface area contributed by atoms with E-state index < -0.39 is 11.7 Å². The third-order valence-electron chi connectivity index (χ3n) is 5.26. The van der Waals surface area contributed by atoms with Gasteiger partial charge in [0.15, 0.2) is 0 Å². The number of alkyl halides is 3. The number of rotatable bonds is 5. The molecule has 1 aromatic heterocycles. The van der Waals surface area contributed by atoms with Gasteiger partial charge in [-0.05, 0) is 38.0 Å². The molecule has 2 aromatic rings. The van der Waals surface area contributed by atoms with E-state index in [0.29, 0.717) is 18.8 Å². The molecule has 3 rings (SSSR count). The summed E-state index contributed by atoms with van der Waals surface area (Å²) in [5.41, 5.74) is 0.107. The van der Waals surface area contributed by atoms with E-state index in [-0.39, 0.29) is 11.6 Å². The van der Waals surface area contributed by atoms with Gasteiger partial charge >= 0.3 is 6.18 Å².